The van der Waals surface area contributed by atoms with Crippen molar-refractivity contribution in [3.8, 4) is 5.75 Å². The Labute approximate surface area is 182 Å². The molecule has 0 aliphatic carbocycles. The van der Waals surface area contributed by atoms with E-state index < -0.39 is 18.0 Å². The number of amidine groups is 1. The minimum atomic E-state index is -4.83. The zero-order valence-electron chi connectivity index (χ0n) is 17.7. The molecule has 9 heteroatoms. The van der Waals surface area contributed by atoms with E-state index in [1.54, 1.807) is 26.8 Å². The predicted molar refractivity (Wildman–Crippen MR) is 115 cm³/mol. The summed E-state index contributed by atoms with van der Waals surface area (Å²) in [4.78, 5) is 8.61. The van der Waals surface area contributed by atoms with Crippen molar-refractivity contribution in [2.75, 3.05) is 0 Å². The van der Waals surface area contributed by atoms with Gasteiger partial charge in [-0.1, -0.05) is 24.8 Å². The van der Waals surface area contributed by atoms with E-state index in [4.69, 9.17) is 0 Å². The highest BCUT2D eigenvalue weighted by molar-refractivity contribution is 6.01. The van der Waals surface area contributed by atoms with E-state index in [2.05, 4.69) is 26.6 Å². The molecule has 0 amide bonds. The fourth-order valence-corrected chi connectivity index (χ4v) is 2.54. The van der Waals surface area contributed by atoms with Crippen LogP contribution in [0.2, 0.25) is 0 Å². The molecule has 4 nitrogen and oxygen atoms in total. The van der Waals surface area contributed by atoms with Crippen molar-refractivity contribution in [1.29, 1.82) is 0 Å². The van der Waals surface area contributed by atoms with Crippen LogP contribution in [-0.2, 0) is 6.54 Å². The summed E-state index contributed by atoms with van der Waals surface area (Å²) >= 11 is 0. The Bertz CT molecular complexity index is 1070. The molecule has 1 N–H and O–H groups in total. The number of para-hydroxylation sites is 1. The molecule has 0 aliphatic heterocycles. The van der Waals surface area contributed by atoms with Gasteiger partial charge in [-0.2, -0.15) is 0 Å². The van der Waals surface area contributed by atoms with Crippen LogP contribution in [0.25, 0.3) is 0 Å². The summed E-state index contributed by atoms with van der Waals surface area (Å²) in [5.74, 6) is -1.79. The Morgan fingerprint density at radius 1 is 1.06 bits per heavy atom. The van der Waals surface area contributed by atoms with Gasteiger partial charge in [0.05, 0.1) is 18.1 Å². The molecule has 32 heavy (non-hydrogen) atoms. The van der Waals surface area contributed by atoms with Crippen LogP contribution in [0.3, 0.4) is 0 Å². The molecule has 170 valence electrons. The van der Waals surface area contributed by atoms with Gasteiger partial charge in [-0.3, -0.25) is 9.98 Å². The monoisotopic (exact) mass is 451 g/mol. The van der Waals surface area contributed by atoms with E-state index in [-0.39, 0.29) is 23.6 Å². The first-order valence-electron chi connectivity index (χ1n) is 9.44. The largest absolute Gasteiger partial charge is 0.573 e. The smallest absolute Gasteiger partial charge is 0.405 e. The van der Waals surface area contributed by atoms with Gasteiger partial charge in [0.25, 0.3) is 0 Å². The van der Waals surface area contributed by atoms with Crippen molar-refractivity contribution in [3.05, 3.63) is 89.3 Å². The van der Waals surface area contributed by atoms with Gasteiger partial charge >= 0.3 is 6.36 Å². The lowest BCUT2D eigenvalue weighted by molar-refractivity contribution is -0.274. The molecule has 0 bridgehead atoms. The third-order valence-corrected chi connectivity index (χ3v) is 4.13. The summed E-state index contributed by atoms with van der Waals surface area (Å²) < 4.78 is 68.4. The van der Waals surface area contributed by atoms with Gasteiger partial charge in [0.2, 0.25) is 0 Å². The van der Waals surface area contributed by atoms with E-state index in [0.717, 1.165) is 12.1 Å². The number of halogens is 5. The number of nitrogens with zero attached hydrogens (tertiary/aromatic N) is 2. The van der Waals surface area contributed by atoms with E-state index in [9.17, 15) is 22.0 Å². The third kappa shape index (κ3) is 7.64. The average molecular weight is 451 g/mol. The molecule has 0 spiro atoms. The number of alkyl halides is 3. The van der Waals surface area contributed by atoms with Crippen LogP contribution in [0, 0.1) is 11.6 Å². The van der Waals surface area contributed by atoms with Crippen LogP contribution >= 0.6 is 0 Å². The number of aliphatic imine (C=N–C) groups is 2. The highest BCUT2D eigenvalue weighted by Crippen LogP contribution is 2.27. The van der Waals surface area contributed by atoms with Gasteiger partial charge in [0, 0.05) is 17.5 Å². The summed E-state index contributed by atoms with van der Waals surface area (Å²) in [7, 11) is 0. The van der Waals surface area contributed by atoms with Crippen LogP contribution < -0.4 is 10.1 Å². The van der Waals surface area contributed by atoms with Crippen molar-refractivity contribution >= 4 is 11.5 Å². The summed E-state index contributed by atoms with van der Waals surface area (Å²) in [5, 5.41) is 2.91. The maximum Gasteiger partial charge on any atom is 0.573 e. The molecule has 0 fully saturated rings. The summed E-state index contributed by atoms with van der Waals surface area (Å²) in [6.45, 7) is 8.86. The molecular weight excluding hydrogens is 429 g/mol. The summed E-state index contributed by atoms with van der Waals surface area (Å²) in [6.07, 6.45) is -3.32. The first-order chi connectivity index (χ1) is 15.0. The number of nitrogens with one attached hydrogen (secondary N) is 1. The molecule has 0 atom stereocenters. The lowest BCUT2D eigenvalue weighted by Gasteiger charge is -2.13. The second kappa shape index (κ2) is 10.7. The fraction of sp³-hybridized carbons (Fsp3) is 0.217. The Morgan fingerprint density at radius 2 is 1.75 bits per heavy atom. The molecule has 0 saturated heterocycles. The number of benzene rings is 2. The molecule has 2 aromatic carbocycles. The van der Waals surface area contributed by atoms with Crippen molar-refractivity contribution < 1.29 is 26.7 Å². The standard InChI is InChI=1S/C23H22F5N3O/c1-14(2)21(13-30-16(4)29-12-17-9-10-19(24)20(25)11-17)31-15(3)18-7-5-6-8-22(18)32-23(26,27)28/h5-11,13H,1,12H2,2-4H3,(H,29,30)/b21-13+,31-15?. The predicted octanol–water partition coefficient (Wildman–Crippen LogP) is 6.30. The molecule has 0 aliphatic rings. The Hall–Kier alpha value is -3.49. The molecule has 2 aromatic rings. The first kappa shape index (κ1) is 24.8. The van der Waals surface area contributed by atoms with Crippen LogP contribution in [-0.4, -0.2) is 17.9 Å². The van der Waals surface area contributed by atoms with E-state index >= 15 is 0 Å². The van der Waals surface area contributed by atoms with Crippen LogP contribution in [0.1, 0.15) is 31.9 Å². The molecular formula is C23H22F5N3O. The summed E-state index contributed by atoms with van der Waals surface area (Å²) in [6, 6.07) is 9.21. The van der Waals surface area contributed by atoms with Gasteiger partial charge in [0.15, 0.2) is 11.6 Å². The second-order valence-electron chi connectivity index (χ2n) is 6.85. The van der Waals surface area contributed by atoms with Crippen molar-refractivity contribution in [2.45, 2.75) is 33.7 Å². The fourth-order valence-electron chi connectivity index (χ4n) is 2.54. The third-order valence-electron chi connectivity index (χ3n) is 4.13. The Kier molecular flexibility index (Phi) is 8.28. The lowest BCUT2D eigenvalue weighted by Crippen LogP contribution is -2.19. The van der Waals surface area contributed by atoms with Crippen molar-refractivity contribution in [3.63, 3.8) is 0 Å². The molecule has 2 rings (SSSR count). The first-order valence-corrected chi connectivity index (χ1v) is 9.44. The SMILES string of the molecule is C=C(C)/C(=C\NC(C)=NCc1ccc(F)c(F)c1)N=C(C)c1ccccc1OC(F)(F)F. The van der Waals surface area contributed by atoms with Crippen LogP contribution in [0.15, 0.2) is 76.5 Å². The number of rotatable bonds is 7. The average Bonchev–Trinajstić information content (AvgIpc) is 2.70. The molecule has 0 saturated carbocycles. The number of ether oxygens (including phenoxy) is 1. The van der Waals surface area contributed by atoms with Gasteiger partial charge in [0.1, 0.15) is 5.75 Å². The van der Waals surface area contributed by atoms with Gasteiger partial charge in [-0.15, -0.1) is 13.2 Å². The van der Waals surface area contributed by atoms with Gasteiger partial charge < -0.3 is 10.1 Å². The highest BCUT2D eigenvalue weighted by atomic mass is 19.4. The Morgan fingerprint density at radius 3 is 2.38 bits per heavy atom. The number of hydrogen-bond acceptors (Lipinski definition) is 3. The van der Waals surface area contributed by atoms with E-state index in [0.29, 0.717) is 22.7 Å². The zero-order chi connectivity index (χ0) is 23.9. The topological polar surface area (TPSA) is 46.0 Å². The Balaban J connectivity index is 2.20. The number of allylic oxidation sites excluding steroid dienone is 1. The van der Waals surface area contributed by atoms with Crippen LogP contribution in [0.5, 0.6) is 5.75 Å². The zero-order valence-corrected chi connectivity index (χ0v) is 17.7. The minimum absolute atomic E-state index is 0.122. The van der Waals surface area contributed by atoms with Gasteiger partial charge in [-0.25, -0.2) is 8.78 Å². The lowest BCUT2D eigenvalue weighted by atomic mass is 10.1. The highest BCUT2D eigenvalue weighted by Gasteiger charge is 2.32. The maximum absolute atomic E-state index is 13.3. The second-order valence-corrected chi connectivity index (χ2v) is 6.85. The van der Waals surface area contributed by atoms with E-state index in [1.165, 1.54) is 30.5 Å². The van der Waals surface area contributed by atoms with Crippen molar-refractivity contribution in [1.82, 2.24) is 5.32 Å². The molecule has 0 aromatic heterocycles. The molecule has 0 heterocycles. The van der Waals surface area contributed by atoms with Gasteiger partial charge in [-0.05, 0) is 56.2 Å². The quantitative estimate of drug-likeness (QED) is 0.233. The summed E-state index contributed by atoms with van der Waals surface area (Å²) in [5.41, 5.74) is 1.90. The number of hydrogen-bond donors (Lipinski definition) is 1. The normalized spacial score (nSPS) is 13.2. The molecule has 0 unspecified atom stereocenters. The minimum Gasteiger partial charge on any atom is -0.405 e. The van der Waals surface area contributed by atoms with E-state index in [1.807, 2.05) is 0 Å². The van der Waals surface area contributed by atoms with Crippen LogP contribution in [0.4, 0.5) is 22.0 Å². The van der Waals surface area contributed by atoms with Crippen molar-refractivity contribution in [2.24, 2.45) is 9.98 Å². The molecule has 0 radical (unpaired) electrons. The maximum atomic E-state index is 13.3.